The first-order valence-corrected chi connectivity index (χ1v) is 12.3. The number of amides is 2. The molecule has 37 heavy (non-hydrogen) atoms. The van der Waals surface area contributed by atoms with Crippen LogP contribution in [0.5, 0.6) is 11.5 Å². The number of carbonyl (C=O) groups is 3. The Morgan fingerprint density at radius 2 is 1.24 bits per heavy atom. The molecule has 0 spiro atoms. The van der Waals surface area contributed by atoms with Gasteiger partial charge >= 0.3 is 5.97 Å². The lowest BCUT2D eigenvalue weighted by Gasteiger charge is -2.13. The van der Waals surface area contributed by atoms with Crippen molar-refractivity contribution in [3.63, 3.8) is 0 Å². The molecule has 1 unspecified atom stereocenters. The Bertz CT molecular complexity index is 1390. The van der Waals surface area contributed by atoms with Crippen molar-refractivity contribution in [1.82, 2.24) is 0 Å². The number of anilines is 2. The Morgan fingerprint density at radius 3 is 1.89 bits per heavy atom. The van der Waals surface area contributed by atoms with Crippen molar-refractivity contribution >= 4 is 40.9 Å². The fraction of sp³-hybridized carbons (Fsp3) is 0.0690. The summed E-state index contributed by atoms with van der Waals surface area (Å²) >= 11 is 1.38. The Hall–Kier alpha value is -4.56. The van der Waals surface area contributed by atoms with E-state index in [0.29, 0.717) is 17.1 Å². The molecule has 0 aromatic heterocycles. The number of carbonyl (C=O) groups excluding carboxylic acids is 2. The van der Waals surface area contributed by atoms with Gasteiger partial charge in [0.2, 0.25) is 5.91 Å². The molecule has 4 rings (SSSR count). The maximum atomic E-state index is 12.7. The number of hydrogen-bond donors (Lipinski definition) is 3. The second-order valence-electron chi connectivity index (χ2n) is 8.02. The van der Waals surface area contributed by atoms with Crippen LogP contribution in [0.2, 0.25) is 0 Å². The smallest absolute Gasteiger partial charge is 0.336 e. The van der Waals surface area contributed by atoms with E-state index in [0.717, 1.165) is 10.6 Å². The van der Waals surface area contributed by atoms with Crippen molar-refractivity contribution in [2.45, 2.75) is 17.1 Å². The van der Waals surface area contributed by atoms with Gasteiger partial charge in [0.1, 0.15) is 11.5 Å². The lowest BCUT2D eigenvalue weighted by atomic mass is 10.1. The normalized spacial score (nSPS) is 11.3. The number of para-hydroxylation sites is 1. The lowest BCUT2D eigenvalue weighted by Crippen LogP contribution is -2.22. The number of carboxylic acid groups (broad SMARTS) is 1. The SMILES string of the molecule is CC(Sc1ccc(NC(=O)c2ccccc2C(=O)O)cc1)C(=O)Nc1ccc(Oc2ccccc2)cc1. The molecule has 0 aliphatic heterocycles. The fourth-order valence-corrected chi connectivity index (χ4v) is 4.28. The van der Waals surface area contributed by atoms with Crippen LogP contribution in [0.15, 0.2) is 108 Å². The predicted octanol–water partition coefficient (Wildman–Crippen LogP) is 6.55. The number of benzene rings is 4. The van der Waals surface area contributed by atoms with Crippen LogP contribution in [0.4, 0.5) is 11.4 Å². The van der Waals surface area contributed by atoms with Crippen LogP contribution in [0, 0.1) is 0 Å². The van der Waals surface area contributed by atoms with Crippen LogP contribution >= 0.6 is 11.8 Å². The van der Waals surface area contributed by atoms with Gasteiger partial charge < -0.3 is 20.5 Å². The van der Waals surface area contributed by atoms with Crippen LogP contribution in [0.1, 0.15) is 27.6 Å². The molecule has 0 heterocycles. The van der Waals surface area contributed by atoms with Gasteiger partial charge in [-0.3, -0.25) is 9.59 Å². The Labute approximate surface area is 218 Å². The Kier molecular flexibility index (Phi) is 8.22. The summed E-state index contributed by atoms with van der Waals surface area (Å²) in [6, 6.07) is 29.6. The van der Waals surface area contributed by atoms with Crippen molar-refractivity contribution in [2.24, 2.45) is 0 Å². The minimum absolute atomic E-state index is 0.0645. The average Bonchev–Trinajstić information content (AvgIpc) is 2.91. The molecule has 8 heteroatoms. The molecule has 4 aromatic carbocycles. The van der Waals surface area contributed by atoms with E-state index in [2.05, 4.69) is 10.6 Å². The van der Waals surface area contributed by atoms with Gasteiger partial charge in [0.25, 0.3) is 5.91 Å². The lowest BCUT2D eigenvalue weighted by molar-refractivity contribution is -0.115. The quantitative estimate of drug-likeness (QED) is 0.220. The topological polar surface area (TPSA) is 105 Å². The molecular weight excluding hydrogens is 488 g/mol. The average molecular weight is 513 g/mol. The largest absolute Gasteiger partial charge is 0.478 e. The zero-order chi connectivity index (χ0) is 26.2. The summed E-state index contributed by atoms with van der Waals surface area (Å²) in [7, 11) is 0. The van der Waals surface area contributed by atoms with Crippen LogP contribution in [0.25, 0.3) is 0 Å². The summed E-state index contributed by atoms with van der Waals surface area (Å²) in [5.41, 5.74) is 1.20. The number of ether oxygens (including phenoxy) is 1. The van der Waals surface area contributed by atoms with Gasteiger partial charge in [-0.15, -0.1) is 11.8 Å². The molecule has 0 radical (unpaired) electrons. The highest BCUT2D eigenvalue weighted by Gasteiger charge is 2.17. The Morgan fingerprint density at radius 1 is 0.703 bits per heavy atom. The summed E-state index contributed by atoms with van der Waals surface area (Å²) in [5.74, 6) is -0.415. The molecule has 0 saturated carbocycles. The van der Waals surface area contributed by atoms with E-state index in [1.54, 1.807) is 60.7 Å². The van der Waals surface area contributed by atoms with Gasteiger partial charge in [-0.1, -0.05) is 30.3 Å². The summed E-state index contributed by atoms with van der Waals surface area (Å²) in [6.45, 7) is 1.81. The molecule has 1 atom stereocenters. The first-order chi connectivity index (χ1) is 17.9. The van der Waals surface area contributed by atoms with Crippen molar-refractivity contribution in [2.75, 3.05) is 10.6 Å². The second-order valence-corrected chi connectivity index (χ2v) is 9.43. The maximum Gasteiger partial charge on any atom is 0.336 e. The van der Waals surface area contributed by atoms with Crippen LogP contribution < -0.4 is 15.4 Å². The minimum Gasteiger partial charge on any atom is -0.478 e. The highest BCUT2D eigenvalue weighted by molar-refractivity contribution is 8.00. The maximum absolute atomic E-state index is 12.7. The molecule has 0 aliphatic rings. The molecule has 2 amide bonds. The van der Waals surface area contributed by atoms with Gasteiger partial charge in [0.05, 0.1) is 16.4 Å². The summed E-state index contributed by atoms with van der Waals surface area (Å²) in [5, 5.41) is 14.5. The third-order valence-electron chi connectivity index (χ3n) is 5.30. The van der Waals surface area contributed by atoms with Crippen molar-refractivity contribution < 1.29 is 24.2 Å². The number of carboxylic acids is 1. The van der Waals surface area contributed by atoms with Crippen molar-refractivity contribution in [1.29, 1.82) is 0 Å². The Balaban J connectivity index is 1.30. The molecule has 3 N–H and O–H groups in total. The monoisotopic (exact) mass is 512 g/mol. The predicted molar refractivity (Wildman–Crippen MR) is 145 cm³/mol. The summed E-state index contributed by atoms with van der Waals surface area (Å²) in [4.78, 5) is 37.4. The van der Waals surface area contributed by atoms with Crippen molar-refractivity contribution in [3.8, 4) is 11.5 Å². The second kappa shape index (κ2) is 11.9. The molecule has 4 aromatic rings. The van der Waals surface area contributed by atoms with E-state index in [9.17, 15) is 19.5 Å². The fourth-order valence-electron chi connectivity index (χ4n) is 3.42. The molecular formula is C29H24N2O5S. The molecule has 0 aliphatic carbocycles. The number of aromatic carboxylic acids is 1. The number of hydrogen-bond acceptors (Lipinski definition) is 5. The van der Waals surface area contributed by atoms with E-state index in [1.807, 2.05) is 37.3 Å². The van der Waals surface area contributed by atoms with E-state index in [-0.39, 0.29) is 22.3 Å². The van der Waals surface area contributed by atoms with Crippen LogP contribution in [-0.2, 0) is 4.79 Å². The van der Waals surface area contributed by atoms with E-state index in [1.165, 1.54) is 23.9 Å². The first-order valence-electron chi connectivity index (χ1n) is 11.4. The third kappa shape index (κ3) is 6.99. The highest BCUT2D eigenvalue weighted by Crippen LogP contribution is 2.27. The molecule has 0 saturated heterocycles. The van der Waals surface area contributed by atoms with Crippen LogP contribution in [-0.4, -0.2) is 28.1 Å². The minimum atomic E-state index is -1.17. The van der Waals surface area contributed by atoms with E-state index < -0.39 is 11.9 Å². The van der Waals surface area contributed by atoms with E-state index >= 15 is 0 Å². The zero-order valence-electron chi connectivity index (χ0n) is 19.9. The van der Waals surface area contributed by atoms with Gasteiger partial charge in [-0.2, -0.15) is 0 Å². The van der Waals surface area contributed by atoms with Gasteiger partial charge in [0, 0.05) is 16.3 Å². The first kappa shape index (κ1) is 25.5. The van der Waals surface area contributed by atoms with Gasteiger partial charge in [0.15, 0.2) is 0 Å². The standard InChI is InChI=1S/C29H24N2O5S/c1-19(27(32)30-20-11-15-23(16-12-20)36-22-7-3-2-4-8-22)37-24-17-13-21(14-18-24)31-28(33)25-9-5-6-10-26(25)29(34)35/h2-19H,1H3,(H,30,32)(H,31,33)(H,34,35). The van der Waals surface area contributed by atoms with Crippen molar-refractivity contribution in [3.05, 3.63) is 114 Å². The third-order valence-corrected chi connectivity index (χ3v) is 6.41. The number of rotatable bonds is 9. The molecule has 186 valence electrons. The molecule has 0 bridgehead atoms. The number of thioether (sulfide) groups is 1. The van der Waals surface area contributed by atoms with Crippen LogP contribution in [0.3, 0.4) is 0 Å². The van der Waals surface area contributed by atoms with Gasteiger partial charge in [-0.05, 0) is 79.7 Å². The van der Waals surface area contributed by atoms with E-state index in [4.69, 9.17) is 4.74 Å². The summed E-state index contributed by atoms with van der Waals surface area (Å²) < 4.78 is 5.77. The molecule has 0 fully saturated rings. The zero-order valence-corrected chi connectivity index (χ0v) is 20.7. The highest BCUT2D eigenvalue weighted by atomic mass is 32.2. The molecule has 7 nitrogen and oxygen atoms in total. The summed E-state index contributed by atoms with van der Waals surface area (Å²) in [6.07, 6.45) is 0. The van der Waals surface area contributed by atoms with Gasteiger partial charge in [-0.25, -0.2) is 4.79 Å². The number of nitrogens with one attached hydrogen (secondary N) is 2.